The maximum atomic E-state index is 12.7. The molecule has 1 fully saturated rings. The molecule has 3 aromatic rings. The molecule has 5 rings (SSSR count). The van der Waals surface area contributed by atoms with Crippen LogP contribution in [0, 0.1) is 5.92 Å². The van der Waals surface area contributed by atoms with Crippen LogP contribution in [0.3, 0.4) is 0 Å². The zero-order chi connectivity index (χ0) is 21.8. The van der Waals surface area contributed by atoms with E-state index in [9.17, 15) is 4.79 Å². The number of hydrogen-bond donors (Lipinski definition) is 1. The van der Waals surface area contributed by atoms with E-state index in [1.54, 1.807) is 4.68 Å². The van der Waals surface area contributed by atoms with Crippen molar-refractivity contribution in [2.45, 2.75) is 57.7 Å². The third kappa shape index (κ3) is 3.17. The second-order valence-corrected chi connectivity index (χ2v) is 9.01. The Morgan fingerprint density at radius 1 is 1.29 bits per heavy atom. The SMILES string of the molecule is CC1CC2CCc3ccccc3N=C2C(c2cnn(C)c2)(c2nn(C(C)C)c(=O)o2)N1. The number of aryl methyl sites for hydroxylation is 2. The number of hydrogen-bond acceptors (Lipinski definition) is 6. The molecule has 0 saturated carbocycles. The fraction of sp³-hybridized carbons (Fsp3) is 0.478. The molecule has 162 valence electrons. The average molecular weight is 421 g/mol. The molecule has 8 nitrogen and oxygen atoms in total. The molecule has 0 aliphatic carbocycles. The summed E-state index contributed by atoms with van der Waals surface area (Å²) in [6.45, 7) is 6.00. The minimum atomic E-state index is -0.951. The van der Waals surface area contributed by atoms with E-state index in [0.717, 1.165) is 36.2 Å². The van der Waals surface area contributed by atoms with Crippen LogP contribution in [0.4, 0.5) is 5.69 Å². The quantitative estimate of drug-likeness (QED) is 0.703. The molecule has 0 radical (unpaired) electrons. The third-order valence-electron chi connectivity index (χ3n) is 6.38. The largest absolute Gasteiger partial charge is 0.437 e. The molecule has 2 aromatic heterocycles. The van der Waals surface area contributed by atoms with Gasteiger partial charge in [0.25, 0.3) is 0 Å². The van der Waals surface area contributed by atoms with E-state index >= 15 is 0 Å². The van der Waals surface area contributed by atoms with Crippen LogP contribution in [0.15, 0.2) is 50.9 Å². The van der Waals surface area contributed by atoms with Crippen molar-refractivity contribution in [1.82, 2.24) is 24.9 Å². The van der Waals surface area contributed by atoms with Gasteiger partial charge in [-0.1, -0.05) is 18.2 Å². The summed E-state index contributed by atoms with van der Waals surface area (Å²) in [5, 5.41) is 12.8. The Balaban J connectivity index is 1.81. The fourth-order valence-corrected chi connectivity index (χ4v) is 4.97. The van der Waals surface area contributed by atoms with Gasteiger partial charge in [0.2, 0.25) is 5.89 Å². The highest BCUT2D eigenvalue weighted by Gasteiger charge is 2.52. The lowest BCUT2D eigenvalue weighted by molar-refractivity contribution is 0.283. The van der Waals surface area contributed by atoms with Crippen molar-refractivity contribution in [2.24, 2.45) is 18.0 Å². The zero-order valence-corrected chi connectivity index (χ0v) is 18.4. The van der Waals surface area contributed by atoms with Crippen molar-refractivity contribution in [2.75, 3.05) is 0 Å². The van der Waals surface area contributed by atoms with E-state index in [1.165, 1.54) is 10.2 Å². The van der Waals surface area contributed by atoms with Gasteiger partial charge >= 0.3 is 5.76 Å². The maximum Gasteiger partial charge on any atom is 0.437 e. The number of piperidine rings is 1. The summed E-state index contributed by atoms with van der Waals surface area (Å²) in [7, 11) is 1.88. The molecular formula is C23H28N6O2. The van der Waals surface area contributed by atoms with Crippen LogP contribution in [0.1, 0.15) is 56.7 Å². The number of para-hydroxylation sites is 1. The molecule has 31 heavy (non-hydrogen) atoms. The number of fused-ring (bicyclic) bond motifs is 2. The first kappa shape index (κ1) is 19.9. The Morgan fingerprint density at radius 3 is 2.81 bits per heavy atom. The maximum absolute atomic E-state index is 12.7. The van der Waals surface area contributed by atoms with Crippen LogP contribution in [-0.2, 0) is 19.0 Å². The molecule has 0 spiro atoms. The van der Waals surface area contributed by atoms with Crippen molar-refractivity contribution in [3.8, 4) is 0 Å². The molecule has 3 unspecified atom stereocenters. The predicted molar refractivity (Wildman–Crippen MR) is 118 cm³/mol. The van der Waals surface area contributed by atoms with Crippen LogP contribution in [0.5, 0.6) is 0 Å². The topological polar surface area (TPSA) is 90.2 Å². The second kappa shape index (κ2) is 7.30. The van der Waals surface area contributed by atoms with E-state index in [2.05, 4.69) is 40.6 Å². The van der Waals surface area contributed by atoms with Gasteiger partial charge in [-0.25, -0.2) is 4.79 Å². The van der Waals surface area contributed by atoms with Crippen LogP contribution < -0.4 is 11.1 Å². The van der Waals surface area contributed by atoms with E-state index < -0.39 is 11.3 Å². The first-order chi connectivity index (χ1) is 14.9. The van der Waals surface area contributed by atoms with E-state index in [-0.39, 0.29) is 18.0 Å². The number of nitrogens with zero attached hydrogens (tertiary/aromatic N) is 5. The van der Waals surface area contributed by atoms with Gasteiger partial charge in [-0.15, -0.1) is 5.10 Å². The Kier molecular flexibility index (Phi) is 4.69. The molecule has 3 atom stereocenters. The van der Waals surface area contributed by atoms with Gasteiger partial charge in [-0.05, 0) is 51.7 Å². The van der Waals surface area contributed by atoms with Crippen molar-refractivity contribution in [1.29, 1.82) is 0 Å². The summed E-state index contributed by atoms with van der Waals surface area (Å²) in [6.07, 6.45) is 6.68. The van der Waals surface area contributed by atoms with Crippen LogP contribution in [-0.4, -0.2) is 31.3 Å². The summed E-state index contributed by atoms with van der Waals surface area (Å²) >= 11 is 0. The molecule has 0 bridgehead atoms. The Morgan fingerprint density at radius 2 is 2.10 bits per heavy atom. The molecule has 1 aromatic carbocycles. The van der Waals surface area contributed by atoms with Gasteiger partial charge in [0.1, 0.15) is 0 Å². The number of aromatic nitrogens is 4. The van der Waals surface area contributed by atoms with Gasteiger partial charge < -0.3 is 4.42 Å². The van der Waals surface area contributed by atoms with E-state index in [0.29, 0.717) is 5.89 Å². The van der Waals surface area contributed by atoms with Crippen LogP contribution in [0.2, 0.25) is 0 Å². The Hall–Kier alpha value is -3.00. The third-order valence-corrected chi connectivity index (χ3v) is 6.38. The predicted octanol–water partition coefficient (Wildman–Crippen LogP) is 3.11. The molecule has 2 aliphatic rings. The molecular weight excluding hydrogens is 392 g/mol. The normalized spacial score (nSPS) is 25.6. The minimum absolute atomic E-state index is 0.107. The smallest absolute Gasteiger partial charge is 0.389 e. The Labute approximate surface area is 181 Å². The minimum Gasteiger partial charge on any atom is -0.389 e. The van der Waals surface area contributed by atoms with Gasteiger partial charge in [-0.2, -0.15) is 9.78 Å². The van der Waals surface area contributed by atoms with Crippen molar-refractivity contribution in [3.05, 3.63) is 64.2 Å². The lowest BCUT2D eigenvalue weighted by Gasteiger charge is -2.43. The van der Waals surface area contributed by atoms with Gasteiger partial charge in [-0.3, -0.25) is 15.0 Å². The van der Waals surface area contributed by atoms with Gasteiger partial charge in [0.05, 0.1) is 23.6 Å². The number of benzene rings is 1. The monoisotopic (exact) mass is 420 g/mol. The summed E-state index contributed by atoms with van der Waals surface area (Å²) in [6, 6.07) is 8.35. The number of nitrogens with one attached hydrogen (secondary N) is 1. The zero-order valence-electron chi connectivity index (χ0n) is 18.4. The molecule has 1 saturated heterocycles. The van der Waals surface area contributed by atoms with Crippen LogP contribution >= 0.6 is 0 Å². The lowest BCUT2D eigenvalue weighted by Crippen LogP contribution is -2.60. The molecule has 0 amide bonds. The first-order valence-electron chi connectivity index (χ1n) is 10.9. The summed E-state index contributed by atoms with van der Waals surface area (Å²) in [4.78, 5) is 17.9. The highest BCUT2D eigenvalue weighted by atomic mass is 16.4. The summed E-state index contributed by atoms with van der Waals surface area (Å²) < 4.78 is 8.98. The van der Waals surface area contributed by atoms with Gasteiger partial charge in [0.15, 0.2) is 5.54 Å². The summed E-state index contributed by atoms with van der Waals surface area (Å²) in [5.41, 5.74) is 3.08. The Bertz CT molecular complexity index is 1200. The lowest BCUT2D eigenvalue weighted by atomic mass is 9.72. The highest BCUT2D eigenvalue weighted by Crippen LogP contribution is 2.43. The second-order valence-electron chi connectivity index (χ2n) is 9.01. The highest BCUT2D eigenvalue weighted by molar-refractivity contribution is 6.01. The number of aliphatic imine (C=N–C) groups is 1. The molecule has 1 N–H and O–H groups in total. The van der Waals surface area contributed by atoms with Crippen molar-refractivity contribution in [3.63, 3.8) is 0 Å². The standard InChI is InChI=1S/C23H28N6O2/c1-14(2)29-22(30)31-21(27-29)23(18-12-24-28(4)13-18)20-17(11-15(3)26-23)10-9-16-7-5-6-8-19(16)25-20/h5-8,12-15,17,26H,9-11H2,1-4H3. The average Bonchev–Trinajstić information content (AvgIpc) is 3.29. The summed E-state index contributed by atoms with van der Waals surface area (Å²) in [5.74, 6) is 0.103. The van der Waals surface area contributed by atoms with Crippen molar-refractivity contribution < 1.29 is 4.42 Å². The molecule has 2 aliphatic heterocycles. The van der Waals surface area contributed by atoms with E-state index in [4.69, 9.17) is 9.41 Å². The number of rotatable bonds is 3. The van der Waals surface area contributed by atoms with Crippen LogP contribution in [0.25, 0.3) is 0 Å². The molecule has 4 heterocycles. The fourth-order valence-electron chi connectivity index (χ4n) is 4.97. The van der Waals surface area contributed by atoms with E-state index in [1.807, 2.05) is 39.4 Å². The van der Waals surface area contributed by atoms with Gasteiger partial charge in [0, 0.05) is 30.8 Å². The molecule has 8 heteroatoms. The van der Waals surface area contributed by atoms with Crippen molar-refractivity contribution >= 4 is 11.4 Å². The first-order valence-corrected chi connectivity index (χ1v) is 10.9.